The van der Waals surface area contributed by atoms with E-state index in [0.29, 0.717) is 17.5 Å². The topological polar surface area (TPSA) is 55.4 Å². The molecular formula is C10H11NO3. The number of anilines is 1. The lowest BCUT2D eigenvalue weighted by Crippen LogP contribution is -2.12. The van der Waals surface area contributed by atoms with E-state index in [1.54, 1.807) is 25.1 Å². The molecule has 0 aliphatic carbocycles. The first-order valence-electron chi connectivity index (χ1n) is 4.08. The molecule has 4 heteroatoms. The molecule has 0 bridgehead atoms. The number of carbonyl (C=O) groups is 2. The van der Waals surface area contributed by atoms with Crippen LogP contribution in [0.2, 0.25) is 0 Å². The maximum Gasteiger partial charge on any atom is 0.411 e. The lowest BCUT2D eigenvalue weighted by Gasteiger charge is -2.07. The summed E-state index contributed by atoms with van der Waals surface area (Å²) in [6.45, 7) is 1.80. The minimum atomic E-state index is -0.585. The molecule has 1 N–H and O–H groups in total. The van der Waals surface area contributed by atoms with Gasteiger partial charge in [0, 0.05) is 5.56 Å². The summed E-state index contributed by atoms with van der Waals surface area (Å²) >= 11 is 0. The van der Waals surface area contributed by atoms with Crippen LogP contribution in [0.3, 0.4) is 0 Å². The van der Waals surface area contributed by atoms with Crippen molar-refractivity contribution in [3.8, 4) is 0 Å². The molecular weight excluding hydrogens is 182 g/mol. The SMILES string of the molecule is COC(=O)Nc1cccc(C)c1C=O. The van der Waals surface area contributed by atoms with Crippen molar-refractivity contribution in [1.82, 2.24) is 0 Å². The number of rotatable bonds is 2. The molecule has 1 aromatic carbocycles. The Bertz CT molecular complexity index is 360. The van der Waals surface area contributed by atoms with Gasteiger partial charge in [-0.25, -0.2) is 4.79 Å². The molecule has 0 spiro atoms. The molecule has 74 valence electrons. The van der Waals surface area contributed by atoms with Crippen LogP contribution in [0, 0.1) is 6.92 Å². The Balaban J connectivity index is 3.02. The maximum atomic E-state index is 10.9. The minimum Gasteiger partial charge on any atom is -0.453 e. The number of hydrogen-bond donors (Lipinski definition) is 1. The third kappa shape index (κ3) is 2.10. The Morgan fingerprint density at radius 3 is 2.79 bits per heavy atom. The Morgan fingerprint density at radius 2 is 2.21 bits per heavy atom. The normalized spacial score (nSPS) is 9.29. The highest BCUT2D eigenvalue weighted by atomic mass is 16.5. The van der Waals surface area contributed by atoms with Gasteiger partial charge in [-0.3, -0.25) is 10.1 Å². The fraction of sp³-hybridized carbons (Fsp3) is 0.200. The van der Waals surface area contributed by atoms with Crippen LogP contribution in [0.15, 0.2) is 18.2 Å². The van der Waals surface area contributed by atoms with Crippen molar-refractivity contribution in [3.05, 3.63) is 29.3 Å². The lowest BCUT2D eigenvalue weighted by atomic mass is 10.1. The molecule has 0 atom stereocenters. The fourth-order valence-corrected chi connectivity index (χ4v) is 1.11. The molecule has 1 amide bonds. The molecule has 0 aromatic heterocycles. The number of amides is 1. The van der Waals surface area contributed by atoms with Crippen molar-refractivity contribution in [2.45, 2.75) is 6.92 Å². The van der Waals surface area contributed by atoms with Gasteiger partial charge in [-0.15, -0.1) is 0 Å². The van der Waals surface area contributed by atoms with Crippen molar-refractivity contribution < 1.29 is 14.3 Å². The van der Waals surface area contributed by atoms with E-state index in [9.17, 15) is 9.59 Å². The van der Waals surface area contributed by atoms with Crippen LogP contribution >= 0.6 is 0 Å². The van der Waals surface area contributed by atoms with E-state index < -0.39 is 6.09 Å². The molecule has 1 rings (SSSR count). The highest BCUT2D eigenvalue weighted by molar-refractivity contribution is 5.94. The fourth-order valence-electron chi connectivity index (χ4n) is 1.11. The van der Waals surface area contributed by atoms with Gasteiger partial charge in [0.15, 0.2) is 6.29 Å². The van der Waals surface area contributed by atoms with Gasteiger partial charge < -0.3 is 4.74 Å². The zero-order valence-corrected chi connectivity index (χ0v) is 8.03. The monoisotopic (exact) mass is 193 g/mol. The molecule has 1 aromatic rings. The van der Waals surface area contributed by atoms with Crippen LogP contribution in [-0.4, -0.2) is 19.5 Å². The van der Waals surface area contributed by atoms with Gasteiger partial charge in [-0.2, -0.15) is 0 Å². The molecule has 0 heterocycles. The minimum absolute atomic E-state index is 0.465. The molecule has 0 radical (unpaired) electrons. The van der Waals surface area contributed by atoms with E-state index in [2.05, 4.69) is 10.1 Å². The molecule has 0 aliphatic heterocycles. The number of aryl methyl sites for hydroxylation is 1. The molecule has 0 aliphatic rings. The quantitative estimate of drug-likeness (QED) is 0.730. The van der Waals surface area contributed by atoms with Crippen LogP contribution in [0.1, 0.15) is 15.9 Å². The predicted octanol–water partition coefficient (Wildman–Crippen LogP) is 1.99. The van der Waals surface area contributed by atoms with Gasteiger partial charge in [0.05, 0.1) is 12.8 Å². The number of nitrogens with one attached hydrogen (secondary N) is 1. The van der Waals surface area contributed by atoms with Crippen LogP contribution in [0.25, 0.3) is 0 Å². The standard InChI is InChI=1S/C10H11NO3/c1-7-4-3-5-9(8(7)6-12)11-10(13)14-2/h3-6H,1-2H3,(H,11,13). The summed E-state index contributed by atoms with van der Waals surface area (Å²) in [4.78, 5) is 21.6. The smallest absolute Gasteiger partial charge is 0.411 e. The number of ether oxygens (including phenoxy) is 1. The van der Waals surface area contributed by atoms with Crippen LogP contribution in [0.4, 0.5) is 10.5 Å². The third-order valence-corrected chi connectivity index (χ3v) is 1.86. The average molecular weight is 193 g/mol. The van der Waals surface area contributed by atoms with Gasteiger partial charge in [-0.05, 0) is 18.6 Å². The van der Waals surface area contributed by atoms with Crippen LogP contribution < -0.4 is 5.32 Å². The summed E-state index contributed by atoms with van der Waals surface area (Å²) in [6.07, 6.45) is 0.124. The number of methoxy groups -OCH3 is 1. The average Bonchev–Trinajstić information content (AvgIpc) is 2.18. The van der Waals surface area contributed by atoms with E-state index in [0.717, 1.165) is 5.56 Å². The van der Waals surface area contributed by atoms with Crippen molar-refractivity contribution in [2.24, 2.45) is 0 Å². The molecule has 0 saturated heterocycles. The van der Waals surface area contributed by atoms with Gasteiger partial charge >= 0.3 is 6.09 Å². The first-order valence-corrected chi connectivity index (χ1v) is 4.08. The van der Waals surface area contributed by atoms with Crippen LogP contribution in [0.5, 0.6) is 0 Å². The number of benzene rings is 1. The largest absolute Gasteiger partial charge is 0.453 e. The van der Waals surface area contributed by atoms with E-state index in [4.69, 9.17) is 0 Å². The summed E-state index contributed by atoms with van der Waals surface area (Å²) in [5.74, 6) is 0. The predicted molar refractivity (Wildman–Crippen MR) is 52.6 cm³/mol. The van der Waals surface area contributed by atoms with E-state index >= 15 is 0 Å². The van der Waals surface area contributed by atoms with Crippen molar-refractivity contribution in [1.29, 1.82) is 0 Å². The summed E-state index contributed by atoms with van der Waals surface area (Å²) in [5.41, 5.74) is 1.75. The zero-order valence-electron chi connectivity index (χ0n) is 8.03. The lowest BCUT2D eigenvalue weighted by molar-refractivity contribution is 0.112. The van der Waals surface area contributed by atoms with E-state index in [-0.39, 0.29) is 0 Å². The molecule has 0 fully saturated rings. The zero-order chi connectivity index (χ0) is 10.6. The Hall–Kier alpha value is -1.84. The molecule has 14 heavy (non-hydrogen) atoms. The summed E-state index contributed by atoms with van der Waals surface area (Å²) < 4.78 is 4.43. The van der Waals surface area contributed by atoms with E-state index in [1.807, 2.05) is 0 Å². The maximum absolute atomic E-state index is 10.9. The van der Waals surface area contributed by atoms with Crippen molar-refractivity contribution in [3.63, 3.8) is 0 Å². The number of hydrogen-bond acceptors (Lipinski definition) is 3. The molecule has 4 nitrogen and oxygen atoms in total. The van der Waals surface area contributed by atoms with Crippen molar-refractivity contribution in [2.75, 3.05) is 12.4 Å². The second kappa shape index (κ2) is 4.41. The van der Waals surface area contributed by atoms with Crippen LogP contribution in [-0.2, 0) is 4.74 Å². The first kappa shape index (κ1) is 10.2. The van der Waals surface area contributed by atoms with Gasteiger partial charge in [-0.1, -0.05) is 12.1 Å². The summed E-state index contributed by atoms with van der Waals surface area (Å²) in [6, 6.07) is 5.20. The third-order valence-electron chi connectivity index (χ3n) is 1.86. The Kier molecular flexibility index (Phi) is 3.23. The second-order valence-electron chi connectivity index (χ2n) is 2.77. The molecule has 0 saturated carbocycles. The first-order chi connectivity index (χ1) is 6.69. The molecule has 0 unspecified atom stereocenters. The Labute approximate surface area is 81.9 Å². The van der Waals surface area contributed by atoms with Gasteiger partial charge in [0.25, 0.3) is 0 Å². The van der Waals surface area contributed by atoms with Crippen molar-refractivity contribution >= 4 is 18.1 Å². The van der Waals surface area contributed by atoms with Gasteiger partial charge in [0.1, 0.15) is 0 Å². The number of carbonyl (C=O) groups excluding carboxylic acids is 2. The second-order valence-corrected chi connectivity index (χ2v) is 2.77. The van der Waals surface area contributed by atoms with E-state index in [1.165, 1.54) is 7.11 Å². The summed E-state index contributed by atoms with van der Waals surface area (Å²) in [7, 11) is 1.27. The number of aldehydes is 1. The Morgan fingerprint density at radius 1 is 1.50 bits per heavy atom. The highest BCUT2D eigenvalue weighted by Gasteiger charge is 2.07. The van der Waals surface area contributed by atoms with Gasteiger partial charge in [0.2, 0.25) is 0 Å². The highest BCUT2D eigenvalue weighted by Crippen LogP contribution is 2.17. The summed E-state index contributed by atoms with van der Waals surface area (Å²) in [5, 5.41) is 2.46.